The van der Waals surface area contributed by atoms with Gasteiger partial charge in [-0.1, -0.05) is 30.3 Å². The van der Waals surface area contributed by atoms with E-state index in [-0.39, 0.29) is 11.3 Å². The van der Waals surface area contributed by atoms with Gasteiger partial charge in [0.15, 0.2) is 0 Å². The second-order valence-corrected chi connectivity index (χ2v) is 4.61. The number of hydrogen-bond acceptors (Lipinski definition) is 2. The summed E-state index contributed by atoms with van der Waals surface area (Å²) in [5, 5.41) is 16.8. The Bertz CT molecular complexity index is 754. The third kappa shape index (κ3) is 2.63. The molecular weight excluding hydrogens is 274 g/mol. The maximum Gasteiger partial charge on any atom is 0.263 e. The monoisotopic (exact) mass is 286 g/mol. The molecule has 3 aromatic rings. The van der Waals surface area contributed by atoms with E-state index in [1.807, 2.05) is 30.3 Å². The predicted molar refractivity (Wildman–Crippen MR) is 76.1 cm³/mol. The molecule has 0 aliphatic carbocycles. The van der Waals surface area contributed by atoms with Crippen LogP contribution in [0.15, 0.2) is 54.6 Å². The number of aromatic hydroxyl groups is 1. The van der Waals surface area contributed by atoms with Crippen LogP contribution < -0.4 is 0 Å². The Hall–Kier alpha value is -2.69. The van der Waals surface area contributed by atoms with Crippen LogP contribution in [0.1, 0.15) is 12.0 Å². The van der Waals surface area contributed by atoms with E-state index in [9.17, 15) is 13.9 Å². The van der Waals surface area contributed by atoms with E-state index in [4.69, 9.17) is 0 Å². The number of nitrogens with one attached hydrogen (secondary N) is 1. The molecular formula is C16H12F2N2O. The van der Waals surface area contributed by atoms with Gasteiger partial charge in [0.1, 0.15) is 5.75 Å². The molecule has 1 aromatic heterocycles. The van der Waals surface area contributed by atoms with Crippen molar-refractivity contribution in [3.8, 4) is 28.3 Å². The lowest BCUT2D eigenvalue weighted by Crippen LogP contribution is -1.86. The van der Waals surface area contributed by atoms with Gasteiger partial charge < -0.3 is 5.11 Å². The van der Waals surface area contributed by atoms with Gasteiger partial charge in [0.2, 0.25) is 0 Å². The highest BCUT2D eigenvalue weighted by Crippen LogP contribution is 2.33. The molecule has 0 saturated heterocycles. The van der Waals surface area contributed by atoms with Crippen molar-refractivity contribution in [3.05, 3.63) is 60.2 Å². The number of H-pyrrole nitrogens is 1. The van der Waals surface area contributed by atoms with Crippen LogP contribution in [-0.4, -0.2) is 15.3 Å². The first kappa shape index (κ1) is 13.3. The number of alkyl halides is 2. The van der Waals surface area contributed by atoms with Crippen molar-refractivity contribution in [1.29, 1.82) is 0 Å². The highest BCUT2D eigenvalue weighted by molar-refractivity contribution is 5.72. The molecule has 2 N–H and O–H groups in total. The lowest BCUT2D eigenvalue weighted by Gasteiger charge is -2.05. The van der Waals surface area contributed by atoms with Crippen molar-refractivity contribution < 1.29 is 13.9 Å². The Morgan fingerprint density at radius 1 is 1.00 bits per heavy atom. The van der Waals surface area contributed by atoms with E-state index in [0.717, 1.165) is 5.56 Å². The fraction of sp³-hybridized carbons (Fsp3) is 0.0625. The van der Waals surface area contributed by atoms with Crippen LogP contribution in [0.25, 0.3) is 22.5 Å². The molecule has 3 rings (SSSR count). The molecule has 0 fully saturated rings. The van der Waals surface area contributed by atoms with Crippen LogP contribution in [0.3, 0.4) is 0 Å². The summed E-state index contributed by atoms with van der Waals surface area (Å²) in [6.45, 7) is 0. The van der Waals surface area contributed by atoms with E-state index in [0.29, 0.717) is 17.0 Å². The fourth-order valence-corrected chi connectivity index (χ4v) is 2.12. The molecule has 2 aromatic carbocycles. The van der Waals surface area contributed by atoms with Gasteiger partial charge in [-0.15, -0.1) is 0 Å². The molecule has 3 nitrogen and oxygen atoms in total. The van der Waals surface area contributed by atoms with Crippen molar-refractivity contribution in [3.63, 3.8) is 0 Å². The number of aromatic nitrogens is 2. The molecule has 0 radical (unpaired) electrons. The number of halogens is 2. The zero-order valence-corrected chi connectivity index (χ0v) is 10.9. The molecule has 106 valence electrons. The Kier molecular flexibility index (Phi) is 3.39. The quantitative estimate of drug-likeness (QED) is 0.750. The van der Waals surface area contributed by atoms with Crippen molar-refractivity contribution in [2.45, 2.75) is 6.43 Å². The van der Waals surface area contributed by atoms with E-state index in [2.05, 4.69) is 10.2 Å². The molecule has 0 saturated carbocycles. The summed E-state index contributed by atoms with van der Waals surface area (Å²) >= 11 is 0. The number of aromatic amines is 1. The maximum atomic E-state index is 12.8. The van der Waals surface area contributed by atoms with Crippen molar-refractivity contribution in [2.24, 2.45) is 0 Å². The van der Waals surface area contributed by atoms with E-state index in [1.165, 1.54) is 18.2 Å². The summed E-state index contributed by atoms with van der Waals surface area (Å²) in [4.78, 5) is 0. The van der Waals surface area contributed by atoms with Crippen molar-refractivity contribution >= 4 is 0 Å². The first-order valence-corrected chi connectivity index (χ1v) is 6.37. The van der Waals surface area contributed by atoms with Gasteiger partial charge in [0.05, 0.1) is 11.4 Å². The number of nitrogens with zero attached hydrogens (tertiary/aromatic N) is 1. The largest absolute Gasteiger partial charge is 0.507 e. The van der Waals surface area contributed by atoms with Crippen LogP contribution in [0, 0.1) is 0 Å². The third-order valence-corrected chi connectivity index (χ3v) is 3.21. The van der Waals surface area contributed by atoms with Crippen LogP contribution in [0.5, 0.6) is 5.75 Å². The van der Waals surface area contributed by atoms with Crippen LogP contribution in [-0.2, 0) is 0 Å². The topological polar surface area (TPSA) is 48.9 Å². The fourth-order valence-electron chi connectivity index (χ4n) is 2.12. The summed E-state index contributed by atoms with van der Waals surface area (Å²) < 4.78 is 25.5. The Morgan fingerprint density at radius 2 is 1.76 bits per heavy atom. The smallest absolute Gasteiger partial charge is 0.263 e. The van der Waals surface area contributed by atoms with Gasteiger partial charge in [0, 0.05) is 16.7 Å². The van der Waals surface area contributed by atoms with E-state index < -0.39 is 6.43 Å². The van der Waals surface area contributed by atoms with Crippen molar-refractivity contribution in [2.75, 3.05) is 0 Å². The highest BCUT2D eigenvalue weighted by atomic mass is 19.3. The predicted octanol–water partition coefficient (Wildman–Crippen LogP) is 4.39. The SMILES string of the molecule is Oc1ccc(C(F)F)cc1-c1cc(-c2ccccc2)n[nH]1. The van der Waals surface area contributed by atoms with Crippen LogP contribution in [0.4, 0.5) is 8.78 Å². The maximum absolute atomic E-state index is 12.8. The summed E-state index contributed by atoms with van der Waals surface area (Å²) in [7, 11) is 0. The van der Waals surface area contributed by atoms with Gasteiger partial charge in [-0.3, -0.25) is 5.10 Å². The lowest BCUT2D eigenvalue weighted by atomic mass is 10.1. The molecule has 0 spiro atoms. The van der Waals surface area contributed by atoms with Gasteiger partial charge >= 0.3 is 0 Å². The second-order valence-electron chi connectivity index (χ2n) is 4.61. The molecule has 0 unspecified atom stereocenters. The molecule has 5 heteroatoms. The molecule has 0 aliphatic heterocycles. The number of benzene rings is 2. The van der Waals surface area contributed by atoms with Gasteiger partial charge in [-0.2, -0.15) is 5.10 Å². The average Bonchev–Trinajstić information content (AvgIpc) is 2.98. The van der Waals surface area contributed by atoms with Crippen LogP contribution in [0.2, 0.25) is 0 Å². The minimum absolute atomic E-state index is 0.0670. The Balaban J connectivity index is 2.02. The zero-order chi connectivity index (χ0) is 14.8. The molecule has 1 heterocycles. The number of hydrogen-bond donors (Lipinski definition) is 2. The minimum atomic E-state index is -2.58. The average molecular weight is 286 g/mol. The third-order valence-electron chi connectivity index (χ3n) is 3.21. The number of phenolic OH excluding ortho intramolecular Hbond substituents is 1. The summed E-state index contributed by atoms with van der Waals surface area (Å²) in [5.74, 6) is -0.0670. The number of phenols is 1. The molecule has 0 aliphatic rings. The number of rotatable bonds is 3. The zero-order valence-electron chi connectivity index (χ0n) is 10.9. The first-order valence-electron chi connectivity index (χ1n) is 6.37. The van der Waals surface area contributed by atoms with Gasteiger partial charge in [-0.25, -0.2) is 8.78 Å². The summed E-state index contributed by atoms with van der Waals surface area (Å²) in [6.07, 6.45) is -2.58. The van der Waals surface area contributed by atoms with E-state index >= 15 is 0 Å². The molecule has 0 atom stereocenters. The standard InChI is InChI=1S/C16H12F2N2O/c17-16(18)11-6-7-15(21)12(8-11)14-9-13(19-20-14)10-4-2-1-3-5-10/h1-9,16,21H,(H,19,20). The van der Waals surface area contributed by atoms with Crippen LogP contribution >= 0.6 is 0 Å². The first-order chi connectivity index (χ1) is 10.1. The molecule has 0 bridgehead atoms. The highest BCUT2D eigenvalue weighted by Gasteiger charge is 2.14. The van der Waals surface area contributed by atoms with Gasteiger partial charge in [-0.05, 0) is 24.3 Å². The van der Waals surface area contributed by atoms with Gasteiger partial charge in [0.25, 0.3) is 6.43 Å². The molecule has 21 heavy (non-hydrogen) atoms. The van der Waals surface area contributed by atoms with Crippen molar-refractivity contribution in [1.82, 2.24) is 10.2 Å². The Morgan fingerprint density at radius 3 is 2.48 bits per heavy atom. The van der Waals surface area contributed by atoms with E-state index in [1.54, 1.807) is 6.07 Å². The Labute approximate surface area is 119 Å². The normalized spacial score (nSPS) is 11.0. The lowest BCUT2D eigenvalue weighted by molar-refractivity contribution is 0.151. The minimum Gasteiger partial charge on any atom is -0.507 e. The summed E-state index contributed by atoms with van der Waals surface area (Å²) in [5.41, 5.74) is 2.26. The second kappa shape index (κ2) is 5.36. The molecule has 0 amide bonds. The summed E-state index contributed by atoms with van der Waals surface area (Å²) in [6, 6.07) is 14.9.